The van der Waals surface area contributed by atoms with Crippen LogP contribution in [-0.4, -0.2) is 23.1 Å². The highest BCUT2D eigenvalue weighted by Crippen LogP contribution is 2.27. The monoisotopic (exact) mass is 334 g/mol. The van der Waals surface area contributed by atoms with Crippen LogP contribution in [0.5, 0.6) is 0 Å². The molecule has 0 unspecified atom stereocenters. The molecule has 0 fully saturated rings. The number of hydrogen-bond donors (Lipinski definition) is 2. The van der Waals surface area contributed by atoms with E-state index in [0.717, 1.165) is 15.7 Å². The minimum absolute atomic E-state index is 0.0745. The van der Waals surface area contributed by atoms with Crippen molar-refractivity contribution >= 4 is 27.5 Å². The Bertz CT molecular complexity index is 616. The molecule has 0 aliphatic heterocycles. The van der Waals surface area contributed by atoms with Gasteiger partial charge in [-0.3, -0.25) is 4.98 Å². The van der Waals surface area contributed by atoms with Gasteiger partial charge in [0.15, 0.2) is 5.84 Å². The van der Waals surface area contributed by atoms with Crippen LogP contribution >= 0.6 is 15.9 Å². The van der Waals surface area contributed by atoms with Gasteiger partial charge in [-0.15, -0.1) is 0 Å². The first-order valence-electron chi connectivity index (χ1n) is 6.00. The van der Waals surface area contributed by atoms with E-state index in [2.05, 4.69) is 26.1 Å². The minimum atomic E-state index is 0.0745. The predicted octanol–water partition coefficient (Wildman–Crippen LogP) is 2.58. The molecule has 3 N–H and O–H groups in total. The van der Waals surface area contributed by atoms with Crippen LogP contribution in [0.15, 0.2) is 52.4 Å². The van der Waals surface area contributed by atoms with E-state index in [9.17, 15) is 0 Å². The van der Waals surface area contributed by atoms with Crippen molar-refractivity contribution in [2.75, 3.05) is 11.9 Å². The summed E-state index contributed by atoms with van der Waals surface area (Å²) in [6, 6.07) is 9.59. The Morgan fingerprint density at radius 2 is 2.20 bits per heavy atom. The number of amidine groups is 1. The van der Waals surface area contributed by atoms with E-state index < -0.39 is 0 Å². The molecule has 104 valence electrons. The van der Waals surface area contributed by atoms with Gasteiger partial charge < -0.3 is 15.8 Å². The number of oxime groups is 1. The number of nitrogens with zero attached hydrogens (tertiary/aromatic N) is 3. The quantitative estimate of drug-likeness (QED) is 0.390. The van der Waals surface area contributed by atoms with Crippen molar-refractivity contribution < 1.29 is 5.21 Å². The summed E-state index contributed by atoms with van der Waals surface area (Å²) in [5.74, 6) is 0.0745. The Kier molecular flexibility index (Phi) is 4.57. The Hall–Kier alpha value is -2.08. The normalized spacial score (nSPS) is 11.4. The topological polar surface area (TPSA) is 74.7 Å². The van der Waals surface area contributed by atoms with Crippen LogP contribution in [0, 0.1) is 0 Å². The molecule has 0 spiro atoms. The van der Waals surface area contributed by atoms with Gasteiger partial charge in [-0.25, -0.2) is 0 Å². The molecule has 6 heteroatoms. The molecule has 20 heavy (non-hydrogen) atoms. The van der Waals surface area contributed by atoms with Crippen LogP contribution in [0.25, 0.3) is 0 Å². The maximum absolute atomic E-state index is 8.92. The number of benzene rings is 1. The van der Waals surface area contributed by atoms with Crippen molar-refractivity contribution in [3.05, 3.63) is 58.3 Å². The second kappa shape index (κ2) is 6.38. The van der Waals surface area contributed by atoms with Gasteiger partial charge in [0.1, 0.15) is 0 Å². The first kappa shape index (κ1) is 14.3. The first-order chi connectivity index (χ1) is 9.63. The number of anilines is 1. The molecule has 0 atom stereocenters. The molecule has 1 aromatic heterocycles. The van der Waals surface area contributed by atoms with E-state index in [-0.39, 0.29) is 5.84 Å². The number of nitrogens with two attached hydrogens (primary N) is 1. The summed E-state index contributed by atoms with van der Waals surface area (Å²) in [6.45, 7) is 0.677. The lowest BCUT2D eigenvalue weighted by atomic mass is 10.1. The second-order valence-corrected chi connectivity index (χ2v) is 5.19. The fourth-order valence-electron chi connectivity index (χ4n) is 1.99. The van der Waals surface area contributed by atoms with E-state index in [1.807, 2.05) is 48.5 Å². The van der Waals surface area contributed by atoms with Crippen molar-refractivity contribution in [2.24, 2.45) is 10.9 Å². The first-order valence-corrected chi connectivity index (χ1v) is 6.79. The highest BCUT2D eigenvalue weighted by atomic mass is 79.9. The third-order valence-corrected chi connectivity index (χ3v) is 3.57. The maximum Gasteiger partial charge on any atom is 0.173 e. The molecule has 0 aliphatic carbocycles. The number of hydrogen-bond acceptors (Lipinski definition) is 4. The van der Waals surface area contributed by atoms with E-state index >= 15 is 0 Å². The van der Waals surface area contributed by atoms with Gasteiger partial charge in [-0.05, 0) is 39.7 Å². The van der Waals surface area contributed by atoms with Gasteiger partial charge >= 0.3 is 0 Å². The molecule has 2 aromatic rings. The minimum Gasteiger partial charge on any atom is -0.409 e. The summed E-state index contributed by atoms with van der Waals surface area (Å²) >= 11 is 3.43. The molecule has 5 nitrogen and oxygen atoms in total. The predicted molar refractivity (Wildman–Crippen MR) is 83.0 cm³/mol. The van der Waals surface area contributed by atoms with Crippen LogP contribution in [0.2, 0.25) is 0 Å². The maximum atomic E-state index is 8.92. The molecule has 1 aromatic carbocycles. The summed E-state index contributed by atoms with van der Waals surface area (Å²) in [7, 11) is 1.95. The number of aromatic nitrogens is 1. The van der Waals surface area contributed by atoms with Gasteiger partial charge in [-0.2, -0.15) is 0 Å². The molecule has 0 saturated carbocycles. The van der Waals surface area contributed by atoms with Gasteiger partial charge in [0.2, 0.25) is 0 Å². The Morgan fingerprint density at radius 1 is 1.40 bits per heavy atom. The molecule has 0 aliphatic rings. The van der Waals surface area contributed by atoms with E-state index in [1.54, 1.807) is 6.20 Å². The van der Waals surface area contributed by atoms with E-state index in [1.165, 1.54) is 0 Å². The van der Waals surface area contributed by atoms with Crippen molar-refractivity contribution in [1.82, 2.24) is 4.98 Å². The Labute approximate surface area is 125 Å². The standard InChI is InChI=1S/C14H15BrN4O/c1-19(9-10-4-3-7-17-8-10)12-6-2-5-11(15)13(12)14(16)18-20/h2-8,20H,9H2,1H3,(H2,16,18). The van der Waals surface area contributed by atoms with Crippen LogP contribution in [0.1, 0.15) is 11.1 Å². The fourth-order valence-corrected chi connectivity index (χ4v) is 2.54. The van der Waals surface area contributed by atoms with Gasteiger partial charge in [0.05, 0.1) is 5.56 Å². The van der Waals surface area contributed by atoms with Crippen molar-refractivity contribution in [2.45, 2.75) is 6.54 Å². The number of pyridine rings is 1. The summed E-state index contributed by atoms with van der Waals surface area (Å²) in [6.07, 6.45) is 3.56. The largest absolute Gasteiger partial charge is 0.409 e. The van der Waals surface area contributed by atoms with Crippen LogP contribution in [-0.2, 0) is 6.54 Å². The van der Waals surface area contributed by atoms with Gasteiger partial charge in [0, 0.05) is 36.1 Å². The molecular formula is C14H15BrN4O. The number of rotatable bonds is 4. The molecule has 0 amide bonds. The molecule has 0 saturated heterocycles. The average molecular weight is 335 g/mol. The fraction of sp³-hybridized carbons (Fsp3) is 0.143. The summed E-state index contributed by atoms with van der Waals surface area (Å²) in [5, 5.41) is 12.0. The summed E-state index contributed by atoms with van der Waals surface area (Å²) < 4.78 is 0.781. The molecule has 0 bridgehead atoms. The third kappa shape index (κ3) is 3.08. The van der Waals surface area contributed by atoms with E-state index in [0.29, 0.717) is 12.1 Å². The Morgan fingerprint density at radius 3 is 2.85 bits per heavy atom. The van der Waals surface area contributed by atoms with Crippen LogP contribution in [0.3, 0.4) is 0 Å². The zero-order valence-electron chi connectivity index (χ0n) is 11.0. The molecule has 1 heterocycles. The van der Waals surface area contributed by atoms with E-state index in [4.69, 9.17) is 10.9 Å². The zero-order valence-corrected chi connectivity index (χ0v) is 12.6. The van der Waals surface area contributed by atoms with Crippen molar-refractivity contribution in [3.63, 3.8) is 0 Å². The lowest BCUT2D eigenvalue weighted by molar-refractivity contribution is 0.318. The van der Waals surface area contributed by atoms with Crippen LogP contribution in [0.4, 0.5) is 5.69 Å². The van der Waals surface area contributed by atoms with Crippen molar-refractivity contribution in [3.8, 4) is 0 Å². The lowest BCUT2D eigenvalue weighted by Crippen LogP contribution is -2.23. The lowest BCUT2D eigenvalue weighted by Gasteiger charge is -2.22. The third-order valence-electron chi connectivity index (χ3n) is 2.91. The average Bonchev–Trinajstić information content (AvgIpc) is 2.47. The highest BCUT2D eigenvalue weighted by Gasteiger charge is 2.14. The molecule has 2 rings (SSSR count). The molecular weight excluding hydrogens is 320 g/mol. The van der Waals surface area contributed by atoms with Crippen molar-refractivity contribution in [1.29, 1.82) is 0 Å². The second-order valence-electron chi connectivity index (χ2n) is 4.34. The smallest absolute Gasteiger partial charge is 0.173 e. The summed E-state index contributed by atoms with van der Waals surface area (Å²) in [5.41, 5.74) is 8.38. The zero-order chi connectivity index (χ0) is 14.5. The number of halogens is 1. The Balaban J connectivity index is 2.35. The van der Waals surface area contributed by atoms with Gasteiger partial charge in [-0.1, -0.05) is 17.3 Å². The van der Waals surface area contributed by atoms with Gasteiger partial charge in [0.25, 0.3) is 0 Å². The summed E-state index contributed by atoms with van der Waals surface area (Å²) in [4.78, 5) is 6.12. The SMILES string of the molecule is CN(Cc1cccnc1)c1cccc(Br)c1/C(N)=N/O. The highest BCUT2D eigenvalue weighted by molar-refractivity contribution is 9.10. The van der Waals surface area contributed by atoms with Crippen LogP contribution < -0.4 is 10.6 Å². The molecule has 0 radical (unpaired) electrons.